The third-order valence-corrected chi connectivity index (χ3v) is 3.30. The van der Waals surface area contributed by atoms with E-state index < -0.39 is 5.97 Å². The first-order valence-corrected chi connectivity index (χ1v) is 6.07. The molecule has 1 N–H and O–H groups in total. The van der Waals surface area contributed by atoms with Crippen molar-refractivity contribution in [3.8, 4) is 0 Å². The second kappa shape index (κ2) is 5.96. The van der Waals surface area contributed by atoms with Gasteiger partial charge in [-0.05, 0) is 18.8 Å². The van der Waals surface area contributed by atoms with E-state index in [1.165, 1.54) is 11.3 Å². The monoisotopic (exact) mass is 243 g/mol. The number of methoxy groups -OCH3 is 1. The predicted molar refractivity (Wildman–Crippen MR) is 62.9 cm³/mol. The SMILES string of the molecule is COCc1nc(CCC(C)C)sc1C(=O)O. The third-order valence-electron chi connectivity index (χ3n) is 2.15. The highest BCUT2D eigenvalue weighted by atomic mass is 32.1. The van der Waals surface area contributed by atoms with Gasteiger partial charge in [0.1, 0.15) is 4.88 Å². The van der Waals surface area contributed by atoms with Crippen LogP contribution in [0.15, 0.2) is 0 Å². The van der Waals surface area contributed by atoms with Crippen molar-refractivity contribution in [1.29, 1.82) is 0 Å². The van der Waals surface area contributed by atoms with Crippen LogP contribution in [0.2, 0.25) is 0 Å². The van der Waals surface area contributed by atoms with Gasteiger partial charge in [0.25, 0.3) is 0 Å². The summed E-state index contributed by atoms with van der Waals surface area (Å²) in [6.07, 6.45) is 1.87. The van der Waals surface area contributed by atoms with Gasteiger partial charge in [-0.2, -0.15) is 0 Å². The summed E-state index contributed by atoms with van der Waals surface area (Å²) in [5, 5.41) is 9.89. The second-order valence-electron chi connectivity index (χ2n) is 4.05. The van der Waals surface area contributed by atoms with Gasteiger partial charge in [-0.1, -0.05) is 13.8 Å². The Labute approximate surface area is 99.3 Å². The van der Waals surface area contributed by atoms with Crippen LogP contribution in [0.3, 0.4) is 0 Å². The number of carboxylic acids is 1. The van der Waals surface area contributed by atoms with Crippen LogP contribution in [0.5, 0.6) is 0 Å². The number of carbonyl (C=O) groups is 1. The Bertz CT molecular complexity index is 360. The van der Waals surface area contributed by atoms with Crippen molar-refractivity contribution in [1.82, 2.24) is 4.98 Å². The minimum atomic E-state index is -0.916. The van der Waals surface area contributed by atoms with Crippen LogP contribution < -0.4 is 0 Å². The smallest absolute Gasteiger partial charge is 0.347 e. The predicted octanol–water partition coefficient (Wildman–Crippen LogP) is 2.58. The van der Waals surface area contributed by atoms with Crippen molar-refractivity contribution in [2.24, 2.45) is 5.92 Å². The number of hydrogen-bond donors (Lipinski definition) is 1. The lowest BCUT2D eigenvalue weighted by atomic mass is 10.1. The van der Waals surface area contributed by atoms with Crippen LogP contribution >= 0.6 is 11.3 Å². The number of ether oxygens (including phenoxy) is 1. The number of nitrogens with zero attached hydrogens (tertiary/aromatic N) is 1. The Morgan fingerprint density at radius 1 is 1.56 bits per heavy atom. The number of aromatic nitrogens is 1. The van der Waals surface area contributed by atoms with Crippen molar-refractivity contribution in [2.45, 2.75) is 33.3 Å². The first-order chi connectivity index (χ1) is 7.54. The molecule has 0 aliphatic rings. The fourth-order valence-corrected chi connectivity index (χ4v) is 2.24. The molecule has 1 aromatic heterocycles. The number of thiazole rings is 1. The average molecular weight is 243 g/mol. The zero-order valence-corrected chi connectivity index (χ0v) is 10.6. The maximum absolute atomic E-state index is 11.0. The minimum absolute atomic E-state index is 0.264. The van der Waals surface area contributed by atoms with Gasteiger partial charge in [0.05, 0.1) is 17.3 Å². The van der Waals surface area contributed by atoms with Crippen molar-refractivity contribution >= 4 is 17.3 Å². The summed E-state index contributed by atoms with van der Waals surface area (Å²) < 4.78 is 4.94. The third kappa shape index (κ3) is 3.57. The number of rotatable bonds is 6. The molecule has 90 valence electrons. The fourth-order valence-electron chi connectivity index (χ4n) is 1.32. The van der Waals surface area contributed by atoms with Gasteiger partial charge in [0.15, 0.2) is 0 Å². The van der Waals surface area contributed by atoms with Gasteiger partial charge in [-0.3, -0.25) is 0 Å². The Kier molecular flexibility index (Phi) is 4.89. The lowest BCUT2D eigenvalue weighted by Crippen LogP contribution is -1.99. The summed E-state index contributed by atoms with van der Waals surface area (Å²) in [7, 11) is 1.54. The van der Waals surface area contributed by atoms with Crippen molar-refractivity contribution in [2.75, 3.05) is 7.11 Å². The molecule has 0 saturated heterocycles. The normalized spacial score (nSPS) is 11.0. The molecule has 0 aliphatic heterocycles. The number of aryl methyl sites for hydroxylation is 1. The van der Waals surface area contributed by atoms with E-state index in [0.717, 1.165) is 17.8 Å². The van der Waals surface area contributed by atoms with Gasteiger partial charge < -0.3 is 9.84 Å². The van der Waals surface area contributed by atoms with Gasteiger partial charge in [-0.15, -0.1) is 11.3 Å². The highest BCUT2D eigenvalue weighted by molar-refractivity contribution is 7.13. The molecule has 0 aliphatic carbocycles. The molecule has 0 saturated carbocycles. The summed E-state index contributed by atoms with van der Waals surface area (Å²) in [6, 6.07) is 0. The number of aromatic carboxylic acids is 1. The molecule has 0 amide bonds. The Morgan fingerprint density at radius 3 is 2.75 bits per heavy atom. The van der Waals surface area contributed by atoms with E-state index in [1.807, 2.05) is 0 Å². The molecule has 4 nitrogen and oxygen atoms in total. The molecule has 1 heterocycles. The zero-order chi connectivity index (χ0) is 12.1. The van der Waals surface area contributed by atoms with E-state index in [2.05, 4.69) is 18.8 Å². The molecule has 0 atom stereocenters. The van der Waals surface area contributed by atoms with Crippen molar-refractivity contribution < 1.29 is 14.6 Å². The summed E-state index contributed by atoms with van der Waals surface area (Å²) in [4.78, 5) is 15.6. The zero-order valence-electron chi connectivity index (χ0n) is 9.82. The van der Waals surface area contributed by atoms with Crippen molar-refractivity contribution in [3.63, 3.8) is 0 Å². The van der Waals surface area contributed by atoms with Gasteiger partial charge in [0.2, 0.25) is 0 Å². The van der Waals surface area contributed by atoms with Gasteiger partial charge in [0, 0.05) is 7.11 Å². The number of hydrogen-bond acceptors (Lipinski definition) is 4. The van der Waals surface area contributed by atoms with Crippen LogP contribution in [0, 0.1) is 5.92 Å². The van der Waals surface area contributed by atoms with Crippen LogP contribution in [0.4, 0.5) is 0 Å². The van der Waals surface area contributed by atoms with E-state index in [0.29, 0.717) is 16.5 Å². The maximum Gasteiger partial charge on any atom is 0.347 e. The van der Waals surface area contributed by atoms with Crippen LogP contribution in [-0.4, -0.2) is 23.2 Å². The lowest BCUT2D eigenvalue weighted by molar-refractivity contribution is 0.0697. The first kappa shape index (κ1) is 13.1. The standard InChI is InChI=1S/C11H17NO3S/c1-7(2)4-5-9-12-8(6-15-3)10(16-9)11(13)14/h7H,4-6H2,1-3H3,(H,13,14). The van der Waals surface area contributed by atoms with Crippen LogP contribution in [0.25, 0.3) is 0 Å². The fraction of sp³-hybridized carbons (Fsp3) is 0.636. The van der Waals surface area contributed by atoms with E-state index in [1.54, 1.807) is 7.11 Å². The largest absolute Gasteiger partial charge is 0.477 e. The van der Waals surface area contributed by atoms with Gasteiger partial charge in [-0.25, -0.2) is 9.78 Å². The first-order valence-electron chi connectivity index (χ1n) is 5.25. The highest BCUT2D eigenvalue weighted by Crippen LogP contribution is 2.21. The Hall–Kier alpha value is -0.940. The Balaban J connectivity index is 2.79. The van der Waals surface area contributed by atoms with Crippen LogP contribution in [-0.2, 0) is 17.8 Å². The molecule has 16 heavy (non-hydrogen) atoms. The molecular weight excluding hydrogens is 226 g/mol. The quantitative estimate of drug-likeness (QED) is 0.834. The molecule has 0 fully saturated rings. The lowest BCUT2D eigenvalue weighted by Gasteiger charge is -2.00. The van der Waals surface area contributed by atoms with E-state index >= 15 is 0 Å². The summed E-state index contributed by atoms with van der Waals surface area (Å²) in [5.74, 6) is -0.316. The summed E-state index contributed by atoms with van der Waals surface area (Å²) in [6.45, 7) is 4.55. The maximum atomic E-state index is 11.0. The average Bonchev–Trinajstić information content (AvgIpc) is 2.59. The molecule has 0 spiro atoms. The van der Waals surface area contributed by atoms with Crippen molar-refractivity contribution in [3.05, 3.63) is 15.6 Å². The molecule has 1 rings (SSSR count). The van der Waals surface area contributed by atoms with Gasteiger partial charge >= 0.3 is 5.97 Å². The number of carboxylic acid groups (broad SMARTS) is 1. The van der Waals surface area contributed by atoms with E-state index in [-0.39, 0.29) is 6.61 Å². The molecule has 5 heteroatoms. The Morgan fingerprint density at radius 2 is 2.25 bits per heavy atom. The molecular formula is C11H17NO3S. The molecule has 0 bridgehead atoms. The molecule has 0 unspecified atom stereocenters. The molecule has 0 radical (unpaired) electrons. The topological polar surface area (TPSA) is 59.4 Å². The summed E-state index contributed by atoms with van der Waals surface area (Å²) in [5.41, 5.74) is 0.541. The second-order valence-corrected chi connectivity index (χ2v) is 5.14. The minimum Gasteiger partial charge on any atom is -0.477 e. The van der Waals surface area contributed by atoms with Crippen LogP contribution in [0.1, 0.15) is 40.6 Å². The molecule has 0 aromatic carbocycles. The summed E-state index contributed by atoms with van der Waals surface area (Å²) >= 11 is 1.26. The van der Waals surface area contributed by atoms with E-state index in [4.69, 9.17) is 9.84 Å². The highest BCUT2D eigenvalue weighted by Gasteiger charge is 2.16. The van der Waals surface area contributed by atoms with E-state index in [9.17, 15) is 4.79 Å². The molecule has 1 aromatic rings.